The van der Waals surface area contributed by atoms with Gasteiger partial charge in [0, 0.05) is 79.3 Å². The molecule has 0 N–H and O–H groups in total. The van der Waals surface area contributed by atoms with Crippen molar-refractivity contribution >= 4 is 90.4 Å². The average Bonchev–Trinajstić information content (AvgIpc) is 3.75. The van der Waals surface area contributed by atoms with Gasteiger partial charge in [-0.2, -0.15) is 0 Å². The lowest BCUT2D eigenvalue weighted by atomic mass is 9.91. The van der Waals surface area contributed by atoms with E-state index < -0.39 is 0 Å². The zero-order valence-electron chi connectivity index (χ0n) is 43.9. The van der Waals surface area contributed by atoms with E-state index in [0.29, 0.717) is 11.6 Å². The Morgan fingerprint density at radius 1 is 0.358 bits per heavy atom. The summed E-state index contributed by atoms with van der Waals surface area (Å²) < 4.78 is 7.84. The van der Waals surface area contributed by atoms with Gasteiger partial charge in [-0.05, 0) is 106 Å². The Morgan fingerprint density at radius 2 is 0.864 bits per heavy atom. The number of rotatable bonds is 9. The molecule has 81 heavy (non-hydrogen) atoms. The zero-order chi connectivity index (χ0) is 53.4. The van der Waals surface area contributed by atoms with Crippen LogP contribution in [-0.2, 0) is 0 Å². The maximum Gasteiger partial charge on any atom is 0.163 e. The van der Waals surface area contributed by atoms with Crippen LogP contribution < -0.4 is 0 Å². The van der Waals surface area contributed by atoms with Crippen molar-refractivity contribution in [2.45, 2.75) is 12.3 Å². The highest BCUT2D eigenvalue weighted by Gasteiger charge is 2.26. The topological polar surface area (TPSA) is 43.6 Å². The van der Waals surface area contributed by atoms with Crippen LogP contribution in [0.1, 0.15) is 23.7 Å². The van der Waals surface area contributed by atoms with Gasteiger partial charge in [0.15, 0.2) is 11.6 Å². The first-order valence-electron chi connectivity index (χ1n) is 27.6. The van der Waals surface area contributed by atoms with E-state index in [-0.39, 0.29) is 5.92 Å². The first kappa shape index (κ1) is 47.2. The van der Waals surface area contributed by atoms with E-state index in [4.69, 9.17) is 15.0 Å². The fraction of sp³-hybridized carbons (Fsp3) is 0.0267. The van der Waals surface area contributed by atoms with Crippen molar-refractivity contribution < 1.29 is 0 Å². The molecule has 0 fully saturated rings. The molecule has 1 unspecified atom stereocenters. The monoisotopic (exact) mass is 1070 g/mol. The Bertz CT molecular complexity index is 4880. The number of hydrogen-bond donors (Lipinski definition) is 0. The molecule has 0 bridgehead atoms. The van der Waals surface area contributed by atoms with Crippen LogP contribution in [0.2, 0.25) is 0 Å². The van der Waals surface area contributed by atoms with Gasteiger partial charge in [0.1, 0.15) is 5.82 Å². The maximum absolute atomic E-state index is 5.59. The molecule has 1 aliphatic rings. The van der Waals surface area contributed by atoms with E-state index in [1.807, 2.05) is 22.7 Å². The number of para-hydroxylation sites is 1. The lowest BCUT2D eigenvalue weighted by Gasteiger charge is -2.21. The molecule has 0 saturated carbocycles. The summed E-state index contributed by atoms with van der Waals surface area (Å²) in [5.41, 5.74) is 16.4. The van der Waals surface area contributed by atoms with Gasteiger partial charge in [-0.15, -0.1) is 22.7 Å². The third kappa shape index (κ3) is 8.13. The molecule has 0 amide bonds. The van der Waals surface area contributed by atoms with Gasteiger partial charge in [-0.25, -0.2) is 15.0 Å². The van der Waals surface area contributed by atoms with E-state index in [2.05, 4.69) is 278 Å². The number of allylic oxidation sites excluding steroid dienone is 4. The summed E-state index contributed by atoms with van der Waals surface area (Å²) in [5, 5.41) is 7.77. The molecule has 11 aromatic carbocycles. The van der Waals surface area contributed by atoms with Crippen LogP contribution in [0.15, 0.2) is 273 Å². The maximum atomic E-state index is 5.59. The van der Waals surface area contributed by atoms with Gasteiger partial charge in [-0.1, -0.05) is 218 Å². The van der Waals surface area contributed by atoms with Crippen LogP contribution in [0.5, 0.6) is 0 Å². The van der Waals surface area contributed by atoms with Crippen molar-refractivity contribution in [1.29, 1.82) is 0 Å². The number of fused-ring (bicyclic) bond motifs is 11. The van der Waals surface area contributed by atoms with E-state index in [1.165, 1.54) is 62.3 Å². The fourth-order valence-electron chi connectivity index (χ4n) is 12.3. The van der Waals surface area contributed by atoms with Crippen LogP contribution in [0.3, 0.4) is 0 Å². The summed E-state index contributed by atoms with van der Waals surface area (Å²) in [6, 6.07) is 92.2. The van der Waals surface area contributed by atoms with Crippen molar-refractivity contribution in [1.82, 2.24) is 19.5 Å². The first-order chi connectivity index (χ1) is 40.1. The Hall–Kier alpha value is -9.85. The van der Waals surface area contributed by atoms with Gasteiger partial charge < -0.3 is 4.57 Å². The lowest BCUT2D eigenvalue weighted by Crippen LogP contribution is -2.09. The van der Waals surface area contributed by atoms with E-state index in [9.17, 15) is 0 Å². The van der Waals surface area contributed by atoms with Crippen LogP contribution in [0.4, 0.5) is 0 Å². The van der Waals surface area contributed by atoms with Gasteiger partial charge in [0.05, 0.1) is 16.7 Å². The van der Waals surface area contributed by atoms with Crippen molar-refractivity contribution in [3.63, 3.8) is 0 Å². The fourth-order valence-corrected chi connectivity index (χ4v) is 14.9. The highest BCUT2D eigenvalue weighted by molar-refractivity contribution is 7.30. The predicted octanol–water partition coefficient (Wildman–Crippen LogP) is 20.8. The molecule has 4 aromatic heterocycles. The molecule has 4 heterocycles. The number of hydrogen-bond acceptors (Lipinski definition) is 5. The van der Waals surface area contributed by atoms with Crippen molar-refractivity contribution in [3.8, 4) is 73.0 Å². The van der Waals surface area contributed by atoms with Gasteiger partial charge >= 0.3 is 0 Å². The second-order valence-corrected chi connectivity index (χ2v) is 23.1. The summed E-state index contributed by atoms with van der Waals surface area (Å²) in [7, 11) is 0. The highest BCUT2D eigenvalue weighted by atomic mass is 32.1. The minimum atomic E-state index is -0.0804. The van der Waals surface area contributed by atoms with Crippen molar-refractivity contribution in [2.75, 3.05) is 0 Å². The van der Waals surface area contributed by atoms with E-state index in [1.54, 1.807) is 0 Å². The van der Waals surface area contributed by atoms with Gasteiger partial charge in [0.2, 0.25) is 0 Å². The third-order valence-corrected chi connectivity index (χ3v) is 18.5. The molecule has 6 heteroatoms. The number of aromatic nitrogens is 4. The summed E-state index contributed by atoms with van der Waals surface area (Å²) in [5.74, 6) is 1.90. The smallest absolute Gasteiger partial charge is 0.163 e. The third-order valence-electron chi connectivity index (χ3n) is 16.1. The highest BCUT2D eigenvalue weighted by Crippen LogP contribution is 2.50. The Kier molecular flexibility index (Phi) is 11.4. The molecule has 16 rings (SSSR count). The minimum Gasteiger partial charge on any atom is -0.308 e. The molecule has 0 spiro atoms. The quantitative estimate of drug-likeness (QED) is 0.145. The molecular weight excluding hydrogens is 1020 g/mol. The largest absolute Gasteiger partial charge is 0.308 e. The summed E-state index contributed by atoms with van der Waals surface area (Å²) >= 11 is 3.82. The molecular formula is C75H48N4S2. The summed E-state index contributed by atoms with van der Waals surface area (Å²) in [4.78, 5) is 16.6. The SMILES string of the molecule is C1=CC(c2nc(-c3cc(-c4ccccc4)cc(-c4ccccc4)c3)nc(-c3cc(-c4ccccc4)c(-n4c5ccccc5c5c6sc7c(ccc8sc9ccccc9c87)c6ccc54)c(-c4ccccc4)c3)n2)CC=C1c1ccccc1. The molecule has 380 valence electrons. The predicted molar refractivity (Wildman–Crippen MR) is 343 cm³/mol. The molecule has 0 saturated heterocycles. The van der Waals surface area contributed by atoms with Gasteiger partial charge in [-0.3, -0.25) is 0 Å². The molecule has 15 aromatic rings. The molecule has 1 atom stereocenters. The van der Waals surface area contributed by atoms with Gasteiger partial charge in [0.25, 0.3) is 0 Å². The van der Waals surface area contributed by atoms with Crippen LogP contribution in [-0.4, -0.2) is 19.5 Å². The van der Waals surface area contributed by atoms with Crippen molar-refractivity contribution in [2.24, 2.45) is 0 Å². The number of benzene rings is 11. The summed E-state index contributed by atoms with van der Waals surface area (Å²) in [6.45, 7) is 0. The standard InChI is InChI=1S/C75H48N4S2/c1-6-20-47(21-7-1)50-34-36-53(37-35-50)73-76-74(56-43-54(48-22-8-2-9-23-48)42-55(44-56)49-24-10-3-11-25-49)78-75(77-73)57-45-62(51-26-12-4-13-27-51)70(63(46-57)52-28-14-5-15-29-52)79-64-32-18-16-30-60(64)68-65(79)40-38-58-59-39-41-67-69(72(59)81-71(58)68)61-31-17-19-33-66(61)80-67/h1-36,38-46,53H,37H2. The lowest BCUT2D eigenvalue weighted by molar-refractivity contribution is 0.766. The van der Waals surface area contributed by atoms with Crippen LogP contribution >= 0.6 is 22.7 Å². The Morgan fingerprint density at radius 3 is 1.47 bits per heavy atom. The van der Waals surface area contributed by atoms with Crippen LogP contribution in [0, 0.1) is 0 Å². The second-order valence-electron chi connectivity index (χ2n) is 21.0. The Balaban J connectivity index is 0.955. The number of thiophene rings is 2. The molecule has 4 nitrogen and oxygen atoms in total. The van der Waals surface area contributed by atoms with Crippen LogP contribution in [0.25, 0.3) is 141 Å². The Labute approximate surface area is 476 Å². The molecule has 0 aliphatic heterocycles. The first-order valence-corrected chi connectivity index (χ1v) is 29.2. The number of nitrogens with zero attached hydrogens (tertiary/aromatic N) is 4. The zero-order valence-corrected chi connectivity index (χ0v) is 45.5. The minimum absolute atomic E-state index is 0.0804. The second kappa shape index (κ2) is 19.5. The van der Waals surface area contributed by atoms with E-state index in [0.717, 1.165) is 84.6 Å². The summed E-state index contributed by atoms with van der Waals surface area (Å²) in [6.07, 6.45) is 7.58. The molecule has 1 aliphatic carbocycles. The van der Waals surface area contributed by atoms with E-state index >= 15 is 0 Å². The average molecular weight is 1070 g/mol. The normalized spacial score (nSPS) is 13.5. The van der Waals surface area contributed by atoms with Crippen molar-refractivity contribution in [3.05, 3.63) is 284 Å². The molecule has 0 radical (unpaired) electrons.